The van der Waals surface area contributed by atoms with Crippen LogP contribution in [-0.2, 0) is 6.54 Å². The lowest BCUT2D eigenvalue weighted by Gasteiger charge is -2.06. The zero-order valence-electron chi connectivity index (χ0n) is 11.0. The van der Waals surface area contributed by atoms with E-state index in [1.54, 1.807) is 17.4 Å². The van der Waals surface area contributed by atoms with Crippen LogP contribution in [-0.4, -0.2) is 0 Å². The normalized spacial score (nSPS) is 10.9. The van der Waals surface area contributed by atoms with Gasteiger partial charge in [0.2, 0.25) is 0 Å². The summed E-state index contributed by atoms with van der Waals surface area (Å²) in [7, 11) is 0. The molecule has 0 aliphatic rings. The molecular weight excluding hydrogens is 322 g/mol. The summed E-state index contributed by atoms with van der Waals surface area (Å²) in [5.74, 6) is 0. The molecule has 0 atom stereocenters. The summed E-state index contributed by atoms with van der Waals surface area (Å²) < 4.78 is 5.21. The third-order valence-electron chi connectivity index (χ3n) is 3.01. The monoisotopic (exact) mass is 333 g/mol. The van der Waals surface area contributed by atoms with Crippen molar-refractivity contribution in [2.24, 2.45) is 0 Å². The molecule has 0 radical (unpaired) electrons. The highest BCUT2D eigenvalue weighted by molar-refractivity contribution is 7.99. The Hall–Kier alpha value is -1.33. The summed E-state index contributed by atoms with van der Waals surface area (Å²) in [6.07, 6.45) is 0. The third kappa shape index (κ3) is 3.47. The standard InChI is InChI=1S/C16H12ClNOS2/c17-13-7-3-1-5-11(13)10-18-21-16-9-14(19)12-6-2-4-8-15(12)20-16/h1-9,18H,10H2. The molecule has 0 unspecified atom stereocenters. The fourth-order valence-electron chi connectivity index (χ4n) is 1.96. The first-order chi connectivity index (χ1) is 10.2. The van der Waals surface area contributed by atoms with E-state index in [4.69, 9.17) is 11.6 Å². The first-order valence-corrected chi connectivity index (χ1v) is 8.41. The predicted molar refractivity (Wildman–Crippen MR) is 92.2 cm³/mol. The molecule has 1 N–H and O–H groups in total. The quantitative estimate of drug-likeness (QED) is 0.701. The van der Waals surface area contributed by atoms with E-state index in [-0.39, 0.29) is 5.43 Å². The Morgan fingerprint density at radius 1 is 1.10 bits per heavy atom. The van der Waals surface area contributed by atoms with Gasteiger partial charge in [-0.15, -0.1) is 11.3 Å². The summed E-state index contributed by atoms with van der Waals surface area (Å²) in [6.45, 7) is 0.651. The third-order valence-corrected chi connectivity index (χ3v) is 5.38. The fraction of sp³-hybridized carbons (Fsp3) is 0.0625. The molecule has 3 aromatic rings. The van der Waals surface area contributed by atoms with Crippen molar-refractivity contribution in [1.29, 1.82) is 0 Å². The Labute approximate surface area is 135 Å². The second-order valence-electron chi connectivity index (χ2n) is 4.44. The molecular formula is C16H12ClNOS2. The van der Waals surface area contributed by atoms with Crippen LogP contribution < -0.4 is 10.2 Å². The first-order valence-electron chi connectivity index (χ1n) is 6.40. The summed E-state index contributed by atoms with van der Waals surface area (Å²) in [4.78, 5) is 12.0. The van der Waals surface area contributed by atoms with Crippen LogP contribution in [0.15, 0.2) is 63.6 Å². The van der Waals surface area contributed by atoms with Crippen molar-refractivity contribution in [3.05, 3.63) is 75.4 Å². The number of rotatable bonds is 4. The molecule has 106 valence electrons. The van der Waals surface area contributed by atoms with Crippen molar-refractivity contribution < 1.29 is 0 Å². The van der Waals surface area contributed by atoms with Gasteiger partial charge in [0, 0.05) is 27.7 Å². The van der Waals surface area contributed by atoms with E-state index in [0.717, 1.165) is 24.9 Å². The highest BCUT2D eigenvalue weighted by Gasteiger charge is 2.04. The predicted octanol–water partition coefficient (Wildman–Crippen LogP) is 4.71. The summed E-state index contributed by atoms with van der Waals surface area (Å²) in [5, 5.41) is 1.52. The van der Waals surface area contributed by atoms with Gasteiger partial charge in [-0.2, -0.15) is 0 Å². The lowest BCUT2D eigenvalue weighted by Crippen LogP contribution is -2.05. The highest BCUT2D eigenvalue weighted by Crippen LogP contribution is 2.26. The molecule has 1 aromatic heterocycles. The highest BCUT2D eigenvalue weighted by atomic mass is 35.5. The van der Waals surface area contributed by atoms with Gasteiger partial charge in [0.15, 0.2) is 5.43 Å². The minimum absolute atomic E-state index is 0.0615. The van der Waals surface area contributed by atoms with Gasteiger partial charge in [0.1, 0.15) is 0 Å². The van der Waals surface area contributed by atoms with Crippen molar-refractivity contribution >= 4 is 45.0 Å². The second kappa shape index (κ2) is 6.62. The smallest absolute Gasteiger partial charge is 0.189 e. The number of benzene rings is 2. The molecule has 0 bridgehead atoms. The van der Waals surface area contributed by atoms with Crippen LogP contribution in [0.1, 0.15) is 5.56 Å². The van der Waals surface area contributed by atoms with Gasteiger partial charge in [-0.05, 0) is 35.7 Å². The molecule has 2 nitrogen and oxygen atoms in total. The van der Waals surface area contributed by atoms with Gasteiger partial charge in [0.25, 0.3) is 0 Å². The van der Waals surface area contributed by atoms with Crippen molar-refractivity contribution in [3.63, 3.8) is 0 Å². The molecule has 0 spiro atoms. The van der Waals surface area contributed by atoms with E-state index in [1.165, 1.54) is 11.9 Å². The Morgan fingerprint density at radius 3 is 2.71 bits per heavy atom. The fourth-order valence-corrected chi connectivity index (χ4v) is 4.12. The van der Waals surface area contributed by atoms with Gasteiger partial charge >= 0.3 is 0 Å². The van der Waals surface area contributed by atoms with Crippen molar-refractivity contribution in [3.8, 4) is 0 Å². The number of hydrogen-bond donors (Lipinski definition) is 1. The van der Waals surface area contributed by atoms with Crippen LogP contribution in [0, 0.1) is 0 Å². The lowest BCUT2D eigenvalue weighted by atomic mass is 10.2. The van der Waals surface area contributed by atoms with Crippen LogP contribution >= 0.6 is 34.9 Å². The minimum atomic E-state index is 0.0615. The lowest BCUT2D eigenvalue weighted by molar-refractivity contribution is 0.977. The summed E-state index contributed by atoms with van der Waals surface area (Å²) in [5.41, 5.74) is 1.10. The molecule has 0 saturated heterocycles. The Balaban J connectivity index is 1.74. The zero-order valence-corrected chi connectivity index (χ0v) is 13.4. The maximum atomic E-state index is 12.0. The average molecular weight is 334 g/mol. The molecule has 2 aromatic carbocycles. The van der Waals surface area contributed by atoms with Crippen LogP contribution in [0.25, 0.3) is 10.1 Å². The maximum Gasteiger partial charge on any atom is 0.189 e. The van der Waals surface area contributed by atoms with E-state index < -0.39 is 0 Å². The van der Waals surface area contributed by atoms with Gasteiger partial charge < -0.3 is 0 Å². The molecule has 0 fully saturated rings. The molecule has 21 heavy (non-hydrogen) atoms. The van der Waals surface area contributed by atoms with Crippen LogP contribution in [0.4, 0.5) is 0 Å². The van der Waals surface area contributed by atoms with Gasteiger partial charge in [0.05, 0.1) is 4.21 Å². The average Bonchev–Trinajstić information content (AvgIpc) is 2.49. The molecule has 0 amide bonds. The van der Waals surface area contributed by atoms with Gasteiger partial charge in [-0.1, -0.05) is 41.9 Å². The number of fused-ring (bicyclic) bond motifs is 1. The van der Waals surface area contributed by atoms with Crippen molar-refractivity contribution in [1.82, 2.24) is 4.72 Å². The Bertz CT molecular complexity index is 832. The van der Waals surface area contributed by atoms with Crippen LogP contribution in [0.3, 0.4) is 0 Å². The van der Waals surface area contributed by atoms with Gasteiger partial charge in [-0.3, -0.25) is 9.52 Å². The van der Waals surface area contributed by atoms with Gasteiger partial charge in [-0.25, -0.2) is 0 Å². The van der Waals surface area contributed by atoms with Crippen LogP contribution in [0.2, 0.25) is 5.02 Å². The second-order valence-corrected chi connectivity index (χ2v) is 7.12. The van der Waals surface area contributed by atoms with E-state index >= 15 is 0 Å². The van der Waals surface area contributed by atoms with E-state index in [1.807, 2.05) is 48.5 Å². The first kappa shape index (κ1) is 14.6. The zero-order chi connectivity index (χ0) is 14.7. The molecule has 0 aliphatic heterocycles. The van der Waals surface area contributed by atoms with Crippen molar-refractivity contribution in [2.45, 2.75) is 10.8 Å². The topological polar surface area (TPSA) is 29.1 Å². The molecule has 1 heterocycles. The van der Waals surface area contributed by atoms with Crippen LogP contribution in [0.5, 0.6) is 0 Å². The number of hydrogen-bond acceptors (Lipinski definition) is 4. The number of halogens is 1. The molecule has 0 saturated carbocycles. The van der Waals surface area contributed by atoms with Crippen molar-refractivity contribution in [2.75, 3.05) is 0 Å². The summed E-state index contributed by atoms with van der Waals surface area (Å²) in [6, 6.07) is 17.1. The van der Waals surface area contributed by atoms with E-state index in [9.17, 15) is 4.79 Å². The molecule has 3 rings (SSSR count). The largest absolute Gasteiger partial charge is 0.289 e. The molecule has 0 aliphatic carbocycles. The Morgan fingerprint density at radius 2 is 1.86 bits per heavy atom. The minimum Gasteiger partial charge on any atom is -0.289 e. The SMILES string of the molecule is O=c1cc(SNCc2ccccc2Cl)sc2ccccc12. The number of nitrogens with one attached hydrogen (secondary N) is 1. The van der Waals surface area contributed by atoms with E-state index in [0.29, 0.717) is 6.54 Å². The summed E-state index contributed by atoms with van der Waals surface area (Å²) >= 11 is 9.18. The maximum absolute atomic E-state index is 12.0. The Kier molecular flexibility index (Phi) is 4.60. The molecule has 5 heteroatoms. The van der Waals surface area contributed by atoms with E-state index in [2.05, 4.69) is 4.72 Å².